The molecule has 0 spiro atoms. The molecule has 1 fully saturated rings. The summed E-state index contributed by atoms with van der Waals surface area (Å²) in [5.41, 5.74) is 4.21. The average Bonchev–Trinajstić information content (AvgIpc) is 3.60. The fraction of sp³-hybridized carbons (Fsp3) is 0.379. The number of halogens is 1. The van der Waals surface area contributed by atoms with E-state index in [0.29, 0.717) is 44.5 Å². The molecule has 12 heteroatoms. The van der Waals surface area contributed by atoms with Crippen molar-refractivity contribution in [1.82, 2.24) is 20.0 Å². The second kappa shape index (κ2) is 10.5. The first-order valence-corrected chi connectivity index (χ1v) is 14.6. The predicted molar refractivity (Wildman–Crippen MR) is 155 cm³/mol. The first-order chi connectivity index (χ1) is 19.5. The van der Waals surface area contributed by atoms with Gasteiger partial charge in [0.15, 0.2) is 21.7 Å². The highest BCUT2D eigenvalue weighted by Gasteiger charge is 2.46. The number of imidazole rings is 1. The van der Waals surface area contributed by atoms with E-state index in [4.69, 9.17) is 35.6 Å². The first kappa shape index (κ1) is 27.8. The molecule has 2 N–H and O–H groups in total. The summed E-state index contributed by atoms with van der Waals surface area (Å²) >= 11 is 7.56. The van der Waals surface area contributed by atoms with Gasteiger partial charge in [0, 0.05) is 22.5 Å². The molecule has 3 aromatic heterocycles. The van der Waals surface area contributed by atoms with Gasteiger partial charge >= 0.3 is 5.97 Å². The fourth-order valence-corrected chi connectivity index (χ4v) is 6.48. The van der Waals surface area contributed by atoms with E-state index in [2.05, 4.69) is 9.97 Å². The van der Waals surface area contributed by atoms with E-state index in [1.54, 1.807) is 18.2 Å². The second-order valence-corrected chi connectivity index (χ2v) is 12.6. The lowest BCUT2D eigenvalue weighted by molar-refractivity contribution is -0.222. The number of hydrogen-bond acceptors (Lipinski definition) is 9. The van der Waals surface area contributed by atoms with Crippen LogP contribution in [0.2, 0.25) is 5.02 Å². The number of Topliss-reactive ketones (excluding diaryl/α,β-unsaturated/α-hetero) is 1. The maximum atomic E-state index is 13.6. The van der Waals surface area contributed by atoms with Crippen molar-refractivity contribution in [2.24, 2.45) is 10.9 Å². The summed E-state index contributed by atoms with van der Waals surface area (Å²) < 4.78 is 11.6. The van der Waals surface area contributed by atoms with Crippen LogP contribution in [0.1, 0.15) is 61.0 Å². The number of carbonyl (C=O) groups is 2. The minimum absolute atomic E-state index is 0.0379. The van der Waals surface area contributed by atoms with Crippen LogP contribution < -0.4 is 0 Å². The fourth-order valence-electron chi connectivity index (χ4n) is 5.44. The Hall–Kier alpha value is -3.38. The number of H-pyrrole nitrogens is 2. The van der Waals surface area contributed by atoms with Gasteiger partial charge < -0.3 is 19.1 Å². The number of fused-ring (bicyclic) bond motifs is 3. The monoisotopic (exact) mass is 595 g/mol. The molecule has 1 saturated heterocycles. The number of nitrogens with zero attached hydrogens (tertiary/aromatic N) is 3. The number of carbonyl (C=O) groups excluding carboxylic acids is 2. The predicted octanol–water partition coefficient (Wildman–Crippen LogP) is 6.22. The molecule has 214 valence electrons. The van der Waals surface area contributed by atoms with Crippen LogP contribution in [0, 0.1) is 12.8 Å². The van der Waals surface area contributed by atoms with Gasteiger partial charge in [0.05, 0.1) is 53.9 Å². The standard InChI is InChI=1S/C29H30ClN5O5S/c1-6-38-27(37)26-25-16(11-31-26)22(23-18(32-25)12-35(13-19(23)36)40-29(3,4)5)20-7-8-21(39-20)41-28-33-17-10-15(30)9-14(2)24(17)34-28/h7-11,22-23,31H,6,12-13H2,1-5H3,(H,33,34). The average molecular weight is 596 g/mol. The van der Waals surface area contributed by atoms with Gasteiger partial charge in [-0.2, -0.15) is 5.06 Å². The molecule has 0 amide bonds. The van der Waals surface area contributed by atoms with Gasteiger partial charge in [-0.25, -0.2) is 9.78 Å². The third-order valence-corrected chi connectivity index (χ3v) is 7.92. The Morgan fingerprint density at radius 3 is 2.80 bits per heavy atom. The van der Waals surface area contributed by atoms with Crippen LogP contribution in [0.15, 0.2) is 50.1 Å². The highest BCUT2D eigenvalue weighted by molar-refractivity contribution is 7.99. The van der Waals surface area contributed by atoms with Crippen molar-refractivity contribution >= 4 is 57.5 Å². The zero-order chi connectivity index (χ0) is 29.1. The van der Waals surface area contributed by atoms with E-state index in [9.17, 15) is 9.59 Å². The van der Waals surface area contributed by atoms with Gasteiger partial charge in [-0.1, -0.05) is 11.6 Å². The molecule has 6 rings (SSSR count). The van der Waals surface area contributed by atoms with Crippen LogP contribution in [-0.2, 0) is 14.4 Å². The Morgan fingerprint density at radius 1 is 1.24 bits per heavy atom. The molecule has 2 unspecified atom stereocenters. The maximum absolute atomic E-state index is 13.6. The quantitative estimate of drug-likeness (QED) is 0.252. The van der Waals surface area contributed by atoms with E-state index in [1.165, 1.54) is 11.8 Å². The molecule has 4 aromatic rings. The van der Waals surface area contributed by atoms with E-state index in [-0.39, 0.29) is 24.6 Å². The number of aliphatic imine (C=N–C) groups is 1. The number of hydrogen-bond donors (Lipinski definition) is 2. The molecule has 2 aliphatic rings. The van der Waals surface area contributed by atoms with E-state index in [0.717, 1.165) is 16.6 Å². The Morgan fingerprint density at radius 2 is 2.05 bits per heavy atom. The van der Waals surface area contributed by atoms with Crippen LogP contribution in [0.25, 0.3) is 11.0 Å². The van der Waals surface area contributed by atoms with E-state index >= 15 is 0 Å². The van der Waals surface area contributed by atoms with Crippen LogP contribution >= 0.6 is 23.4 Å². The molecular formula is C29H30ClN5O5S. The van der Waals surface area contributed by atoms with Crippen molar-refractivity contribution in [3.63, 3.8) is 0 Å². The molecule has 1 aromatic carbocycles. The number of aromatic amines is 2. The summed E-state index contributed by atoms with van der Waals surface area (Å²) in [6, 6.07) is 7.44. The Balaban J connectivity index is 1.36. The molecular weight excluding hydrogens is 566 g/mol. The van der Waals surface area contributed by atoms with Crippen molar-refractivity contribution < 1.29 is 23.6 Å². The van der Waals surface area contributed by atoms with Crippen molar-refractivity contribution in [3.05, 3.63) is 58.1 Å². The zero-order valence-corrected chi connectivity index (χ0v) is 24.9. The minimum atomic E-state index is -0.562. The number of aromatic nitrogens is 3. The number of esters is 1. The smallest absolute Gasteiger partial charge is 0.357 e. The Kier molecular flexibility index (Phi) is 7.09. The number of nitrogens with one attached hydrogen (secondary N) is 2. The summed E-state index contributed by atoms with van der Waals surface area (Å²) in [4.78, 5) is 48.3. The number of rotatable bonds is 6. The molecule has 41 heavy (non-hydrogen) atoms. The van der Waals surface area contributed by atoms with Gasteiger partial charge in [-0.3, -0.25) is 14.6 Å². The van der Waals surface area contributed by atoms with Crippen LogP contribution in [0.3, 0.4) is 0 Å². The number of ether oxygens (including phenoxy) is 1. The van der Waals surface area contributed by atoms with Crippen LogP contribution in [-0.4, -0.2) is 62.8 Å². The van der Waals surface area contributed by atoms with Crippen LogP contribution in [0.5, 0.6) is 0 Å². The number of benzene rings is 1. The topological polar surface area (TPSA) is 126 Å². The first-order valence-electron chi connectivity index (χ1n) is 13.4. The highest BCUT2D eigenvalue weighted by Crippen LogP contribution is 2.47. The van der Waals surface area contributed by atoms with E-state index < -0.39 is 23.4 Å². The molecule has 10 nitrogen and oxygen atoms in total. The maximum Gasteiger partial charge on any atom is 0.357 e. The summed E-state index contributed by atoms with van der Waals surface area (Å²) in [6.45, 7) is 10.2. The van der Waals surface area contributed by atoms with Crippen molar-refractivity contribution in [1.29, 1.82) is 0 Å². The number of hydroxylamine groups is 2. The zero-order valence-electron chi connectivity index (χ0n) is 23.3. The normalized spacial score (nSPS) is 19.3. The van der Waals surface area contributed by atoms with E-state index in [1.807, 2.05) is 52.0 Å². The lowest BCUT2D eigenvalue weighted by Gasteiger charge is -2.39. The van der Waals surface area contributed by atoms with Crippen LogP contribution in [0.4, 0.5) is 5.69 Å². The van der Waals surface area contributed by atoms with Gasteiger partial charge in [-0.05, 0) is 76.2 Å². The summed E-state index contributed by atoms with van der Waals surface area (Å²) in [5.74, 6) is -0.991. The molecule has 5 heterocycles. The molecule has 2 aliphatic heterocycles. The molecule has 2 atom stereocenters. The Labute approximate surface area is 245 Å². The SMILES string of the molecule is CCOC(=O)c1[nH]cc2c1N=C1CN(OC(C)(C)C)CC(=O)C1C2c1ccc(Sc2nc3c(C)cc(Cl)cc3[nH]2)o1. The van der Waals surface area contributed by atoms with Gasteiger partial charge in [0.25, 0.3) is 0 Å². The third-order valence-electron chi connectivity index (χ3n) is 6.89. The van der Waals surface area contributed by atoms with Gasteiger partial charge in [-0.15, -0.1) is 0 Å². The second-order valence-electron chi connectivity index (χ2n) is 11.1. The van der Waals surface area contributed by atoms with Crippen molar-refractivity contribution in [2.75, 3.05) is 19.7 Å². The lowest BCUT2D eigenvalue weighted by atomic mass is 9.75. The molecule has 0 radical (unpaired) electrons. The summed E-state index contributed by atoms with van der Waals surface area (Å²) in [5, 5.41) is 3.54. The molecule has 0 bridgehead atoms. The lowest BCUT2D eigenvalue weighted by Crippen LogP contribution is -2.52. The van der Waals surface area contributed by atoms with Gasteiger partial charge in [0.1, 0.15) is 5.76 Å². The molecule has 0 aliphatic carbocycles. The summed E-state index contributed by atoms with van der Waals surface area (Å²) in [6.07, 6.45) is 1.72. The van der Waals surface area contributed by atoms with Crippen molar-refractivity contribution in [3.8, 4) is 0 Å². The largest absolute Gasteiger partial charge is 0.461 e. The minimum Gasteiger partial charge on any atom is -0.461 e. The van der Waals surface area contributed by atoms with Gasteiger partial charge in [0.2, 0.25) is 0 Å². The van der Waals surface area contributed by atoms with Crippen molar-refractivity contribution in [2.45, 2.75) is 56.4 Å². The number of piperidine rings is 1. The molecule has 0 saturated carbocycles. The number of ketones is 1. The Bertz CT molecular complexity index is 1700. The third kappa shape index (κ3) is 5.34. The number of furan rings is 1. The summed E-state index contributed by atoms with van der Waals surface area (Å²) in [7, 11) is 0. The highest BCUT2D eigenvalue weighted by atomic mass is 35.5. The number of aryl methyl sites for hydroxylation is 1.